The Morgan fingerprint density at radius 1 is 1.57 bits per heavy atom. The summed E-state index contributed by atoms with van der Waals surface area (Å²) in [5, 5.41) is 2.72. The van der Waals surface area contributed by atoms with Crippen molar-refractivity contribution < 1.29 is 9.00 Å². The van der Waals surface area contributed by atoms with Crippen molar-refractivity contribution in [3.8, 4) is 0 Å². The van der Waals surface area contributed by atoms with Gasteiger partial charge in [0.25, 0.3) is 0 Å². The maximum absolute atomic E-state index is 11.3. The molecule has 0 aromatic rings. The van der Waals surface area contributed by atoms with E-state index in [-0.39, 0.29) is 5.91 Å². The molecule has 0 aromatic heterocycles. The maximum atomic E-state index is 11.3. The Balaban J connectivity index is 3.48. The molecule has 5 heteroatoms. The van der Waals surface area contributed by atoms with Crippen LogP contribution < -0.4 is 11.1 Å². The lowest BCUT2D eigenvalue weighted by atomic mass is 10.2. The van der Waals surface area contributed by atoms with Crippen LogP contribution in [0.15, 0.2) is 0 Å². The van der Waals surface area contributed by atoms with Crippen LogP contribution in [0.2, 0.25) is 0 Å². The number of hydrogen-bond donors (Lipinski definition) is 2. The van der Waals surface area contributed by atoms with Gasteiger partial charge < -0.3 is 11.1 Å². The summed E-state index contributed by atoms with van der Waals surface area (Å²) in [6.07, 6.45) is 4.03. The molecule has 0 aliphatic rings. The van der Waals surface area contributed by atoms with Gasteiger partial charge in [-0.15, -0.1) is 0 Å². The number of carbonyl (C=O) groups is 1. The molecule has 0 saturated carbocycles. The first kappa shape index (κ1) is 13.6. The van der Waals surface area contributed by atoms with E-state index in [1.54, 1.807) is 6.26 Å². The van der Waals surface area contributed by atoms with Gasteiger partial charge >= 0.3 is 0 Å². The van der Waals surface area contributed by atoms with E-state index in [0.29, 0.717) is 18.7 Å². The third-order valence-electron chi connectivity index (χ3n) is 1.84. The lowest BCUT2D eigenvalue weighted by Crippen LogP contribution is -2.40. The van der Waals surface area contributed by atoms with Crippen molar-refractivity contribution in [1.29, 1.82) is 0 Å². The standard InChI is InChI=1S/C9H20N2O2S/c1-3-5-8(10)9(12)11-6-4-7-14(2)13/h8H,3-7,10H2,1-2H3,(H,11,12). The highest BCUT2D eigenvalue weighted by molar-refractivity contribution is 7.84. The number of hydrogen-bond acceptors (Lipinski definition) is 3. The Morgan fingerprint density at radius 2 is 2.21 bits per heavy atom. The van der Waals surface area contributed by atoms with Crippen LogP contribution in [0, 0.1) is 0 Å². The van der Waals surface area contributed by atoms with Crippen LogP contribution in [0.4, 0.5) is 0 Å². The minimum Gasteiger partial charge on any atom is -0.355 e. The van der Waals surface area contributed by atoms with Gasteiger partial charge in [-0.05, 0) is 12.8 Å². The van der Waals surface area contributed by atoms with Crippen molar-refractivity contribution in [1.82, 2.24) is 5.32 Å². The average molecular weight is 220 g/mol. The number of rotatable bonds is 7. The molecule has 0 rings (SSSR count). The normalized spacial score (nSPS) is 14.8. The third-order valence-corrected chi connectivity index (χ3v) is 2.71. The van der Waals surface area contributed by atoms with Crippen LogP contribution in [0.5, 0.6) is 0 Å². The van der Waals surface area contributed by atoms with E-state index in [1.165, 1.54) is 0 Å². The zero-order chi connectivity index (χ0) is 11.0. The highest BCUT2D eigenvalue weighted by atomic mass is 32.2. The summed E-state index contributed by atoms with van der Waals surface area (Å²) in [4.78, 5) is 11.3. The van der Waals surface area contributed by atoms with Crippen molar-refractivity contribution in [2.24, 2.45) is 5.73 Å². The highest BCUT2D eigenvalue weighted by Gasteiger charge is 2.10. The lowest BCUT2D eigenvalue weighted by molar-refractivity contribution is -0.122. The van der Waals surface area contributed by atoms with Crippen LogP contribution in [-0.4, -0.2) is 34.7 Å². The molecule has 14 heavy (non-hydrogen) atoms. The first-order chi connectivity index (χ1) is 6.57. The molecule has 0 saturated heterocycles. The molecule has 0 spiro atoms. The number of amides is 1. The van der Waals surface area contributed by atoms with Gasteiger partial charge in [0.2, 0.25) is 5.91 Å². The van der Waals surface area contributed by atoms with Crippen LogP contribution in [0.1, 0.15) is 26.2 Å². The molecule has 3 N–H and O–H groups in total. The van der Waals surface area contributed by atoms with Gasteiger partial charge in [0.05, 0.1) is 6.04 Å². The van der Waals surface area contributed by atoms with Crippen molar-refractivity contribution in [2.75, 3.05) is 18.6 Å². The van der Waals surface area contributed by atoms with E-state index in [4.69, 9.17) is 5.73 Å². The van der Waals surface area contributed by atoms with Crippen molar-refractivity contribution >= 4 is 16.7 Å². The molecule has 84 valence electrons. The molecule has 2 atom stereocenters. The molecule has 0 fully saturated rings. The average Bonchev–Trinajstić information content (AvgIpc) is 2.12. The Kier molecular flexibility index (Phi) is 7.70. The second-order valence-electron chi connectivity index (χ2n) is 3.32. The highest BCUT2D eigenvalue weighted by Crippen LogP contribution is 1.92. The minimum absolute atomic E-state index is 0.103. The van der Waals surface area contributed by atoms with Crippen LogP contribution in [-0.2, 0) is 15.6 Å². The van der Waals surface area contributed by atoms with Crippen molar-refractivity contribution in [3.63, 3.8) is 0 Å². The minimum atomic E-state index is -0.777. The molecule has 2 unspecified atom stereocenters. The van der Waals surface area contributed by atoms with E-state index >= 15 is 0 Å². The summed E-state index contributed by atoms with van der Waals surface area (Å²) in [7, 11) is -0.777. The zero-order valence-electron chi connectivity index (χ0n) is 8.91. The van der Waals surface area contributed by atoms with E-state index in [2.05, 4.69) is 5.32 Å². The van der Waals surface area contributed by atoms with Gasteiger partial charge in [-0.3, -0.25) is 9.00 Å². The maximum Gasteiger partial charge on any atom is 0.236 e. The SMILES string of the molecule is CCCC(N)C(=O)NCCCS(C)=O. The number of nitrogens with two attached hydrogens (primary N) is 1. The summed E-state index contributed by atoms with van der Waals surface area (Å²) in [6.45, 7) is 2.56. The van der Waals surface area contributed by atoms with E-state index in [9.17, 15) is 9.00 Å². The van der Waals surface area contributed by atoms with Gasteiger partial charge in [0.1, 0.15) is 0 Å². The summed E-state index contributed by atoms with van der Waals surface area (Å²) >= 11 is 0. The van der Waals surface area contributed by atoms with Gasteiger partial charge in [-0.2, -0.15) is 0 Å². The molecule has 0 bridgehead atoms. The molecule has 0 aromatic carbocycles. The van der Waals surface area contributed by atoms with Crippen molar-refractivity contribution in [3.05, 3.63) is 0 Å². The lowest BCUT2D eigenvalue weighted by Gasteiger charge is -2.10. The Hall–Kier alpha value is -0.420. The smallest absolute Gasteiger partial charge is 0.236 e. The number of carbonyl (C=O) groups excluding carboxylic acids is 1. The second-order valence-corrected chi connectivity index (χ2v) is 4.87. The fourth-order valence-electron chi connectivity index (χ4n) is 1.06. The van der Waals surface area contributed by atoms with Gasteiger partial charge in [-0.1, -0.05) is 13.3 Å². The number of nitrogens with one attached hydrogen (secondary N) is 1. The molecule has 0 aliphatic heterocycles. The predicted octanol–water partition coefficient (Wildman–Crippen LogP) is -0.00140. The van der Waals surface area contributed by atoms with Gasteiger partial charge in [0, 0.05) is 29.4 Å². The topological polar surface area (TPSA) is 72.2 Å². The molecule has 0 radical (unpaired) electrons. The summed E-state index contributed by atoms with van der Waals surface area (Å²) in [5.41, 5.74) is 5.60. The molecule has 4 nitrogen and oxygen atoms in total. The largest absolute Gasteiger partial charge is 0.355 e. The summed E-state index contributed by atoms with van der Waals surface area (Å²) < 4.78 is 10.7. The Morgan fingerprint density at radius 3 is 2.71 bits per heavy atom. The van der Waals surface area contributed by atoms with Crippen LogP contribution >= 0.6 is 0 Å². The summed E-state index contributed by atoms with van der Waals surface area (Å²) in [5.74, 6) is 0.525. The molecule has 1 amide bonds. The first-order valence-electron chi connectivity index (χ1n) is 4.91. The molecule has 0 heterocycles. The fourth-order valence-corrected chi connectivity index (χ4v) is 1.61. The Bertz CT molecular complexity index is 197. The summed E-state index contributed by atoms with van der Waals surface area (Å²) in [6, 6.07) is -0.396. The van der Waals surface area contributed by atoms with E-state index in [1.807, 2.05) is 6.92 Å². The van der Waals surface area contributed by atoms with Crippen molar-refractivity contribution in [2.45, 2.75) is 32.2 Å². The second kappa shape index (κ2) is 7.94. The first-order valence-corrected chi connectivity index (χ1v) is 6.64. The zero-order valence-corrected chi connectivity index (χ0v) is 9.73. The third kappa shape index (κ3) is 7.03. The molecular formula is C9H20N2O2S. The van der Waals surface area contributed by atoms with E-state index in [0.717, 1.165) is 12.8 Å². The predicted molar refractivity (Wildman–Crippen MR) is 59.4 cm³/mol. The van der Waals surface area contributed by atoms with E-state index < -0.39 is 16.8 Å². The fraction of sp³-hybridized carbons (Fsp3) is 0.889. The van der Waals surface area contributed by atoms with Crippen LogP contribution in [0.25, 0.3) is 0 Å². The monoisotopic (exact) mass is 220 g/mol. The molecule has 0 aliphatic carbocycles. The molecular weight excluding hydrogens is 200 g/mol. The quantitative estimate of drug-likeness (QED) is 0.593. The van der Waals surface area contributed by atoms with Gasteiger partial charge in [0.15, 0.2) is 0 Å². The van der Waals surface area contributed by atoms with Gasteiger partial charge in [-0.25, -0.2) is 0 Å². The van der Waals surface area contributed by atoms with Crippen LogP contribution in [0.3, 0.4) is 0 Å². The Labute approximate surface area is 88.1 Å².